The Morgan fingerprint density at radius 2 is 2.25 bits per heavy atom. The fraction of sp³-hybridized carbons (Fsp3) is 0.706. The van der Waals surface area contributed by atoms with Crippen LogP contribution in [0, 0.1) is 11.8 Å². The van der Waals surface area contributed by atoms with Crippen LogP contribution in [0.1, 0.15) is 62.5 Å². The van der Waals surface area contributed by atoms with Crippen LogP contribution in [0.15, 0.2) is 10.7 Å². The number of hydrogen-bond acceptors (Lipinski definition) is 6. The molecule has 134 valence electrons. The van der Waals surface area contributed by atoms with E-state index >= 15 is 0 Å². The van der Waals surface area contributed by atoms with Crippen molar-refractivity contribution in [2.45, 2.75) is 46.1 Å². The second-order valence-electron chi connectivity index (χ2n) is 6.65. The molecule has 7 nitrogen and oxygen atoms in total. The number of likely N-dealkylation sites (tertiary alicyclic amines) is 1. The first-order valence-corrected chi connectivity index (χ1v) is 8.59. The van der Waals surface area contributed by atoms with Crippen LogP contribution >= 0.6 is 0 Å². The molecule has 1 aliphatic heterocycles. The van der Waals surface area contributed by atoms with Gasteiger partial charge in [-0.05, 0) is 32.1 Å². The molecule has 1 fully saturated rings. The van der Waals surface area contributed by atoms with Gasteiger partial charge in [-0.1, -0.05) is 13.8 Å². The monoisotopic (exact) mass is 337 g/mol. The molecule has 24 heavy (non-hydrogen) atoms. The van der Waals surface area contributed by atoms with Crippen LogP contribution in [0.3, 0.4) is 0 Å². The molecule has 0 spiro atoms. The van der Waals surface area contributed by atoms with E-state index in [2.05, 4.69) is 18.8 Å². The molecule has 1 aromatic heterocycles. The number of oxazole rings is 1. The van der Waals surface area contributed by atoms with Crippen LogP contribution in [0.4, 0.5) is 0 Å². The van der Waals surface area contributed by atoms with Crippen LogP contribution in [0.2, 0.25) is 0 Å². The fourth-order valence-corrected chi connectivity index (χ4v) is 2.94. The van der Waals surface area contributed by atoms with Crippen LogP contribution < -0.4 is 5.73 Å². The number of amides is 1. The van der Waals surface area contributed by atoms with Gasteiger partial charge in [0.1, 0.15) is 6.26 Å². The Balaban J connectivity index is 2.00. The number of nitrogens with two attached hydrogens (primary N) is 1. The summed E-state index contributed by atoms with van der Waals surface area (Å²) in [5, 5.41) is 0. The molecule has 0 aliphatic carbocycles. The molecule has 1 aromatic rings. The average molecular weight is 337 g/mol. The van der Waals surface area contributed by atoms with Crippen LogP contribution in [0.25, 0.3) is 0 Å². The highest BCUT2D eigenvalue weighted by molar-refractivity contribution is 5.92. The number of ether oxygens (including phenoxy) is 1. The number of nitrogens with zero attached hydrogens (tertiary/aromatic N) is 2. The highest BCUT2D eigenvalue weighted by atomic mass is 16.5. The minimum atomic E-state index is -0.319. The van der Waals surface area contributed by atoms with Crippen LogP contribution in [-0.4, -0.2) is 41.5 Å². The van der Waals surface area contributed by atoms with E-state index in [1.165, 1.54) is 6.26 Å². The summed E-state index contributed by atoms with van der Waals surface area (Å²) < 4.78 is 10.4. The third kappa shape index (κ3) is 4.56. The van der Waals surface area contributed by atoms with Crippen molar-refractivity contribution in [1.82, 2.24) is 9.88 Å². The highest BCUT2D eigenvalue weighted by Crippen LogP contribution is 2.22. The molecule has 1 amide bonds. The highest BCUT2D eigenvalue weighted by Gasteiger charge is 2.31. The normalized spacial score (nSPS) is 19.4. The van der Waals surface area contributed by atoms with Gasteiger partial charge in [0, 0.05) is 13.1 Å². The molecular weight excluding hydrogens is 310 g/mol. The van der Waals surface area contributed by atoms with Gasteiger partial charge in [-0.15, -0.1) is 0 Å². The summed E-state index contributed by atoms with van der Waals surface area (Å²) in [7, 11) is 0. The second kappa shape index (κ2) is 8.28. The summed E-state index contributed by atoms with van der Waals surface area (Å²) in [6, 6.07) is -0.319. The van der Waals surface area contributed by atoms with Crippen molar-refractivity contribution in [3.05, 3.63) is 17.8 Å². The van der Waals surface area contributed by atoms with E-state index < -0.39 is 0 Å². The van der Waals surface area contributed by atoms with Gasteiger partial charge in [0.05, 0.1) is 18.6 Å². The van der Waals surface area contributed by atoms with Crippen molar-refractivity contribution in [3.8, 4) is 0 Å². The van der Waals surface area contributed by atoms with E-state index in [4.69, 9.17) is 14.9 Å². The van der Waals surface area contributed by atoms with Crippen molar-refractivity contribution in [2.24, 2.45) is 17.6 Å². The van der Waals surface area contributed by atoms with E-state index in [9.17, 15) is 9.59 Å². The predicted octanol–water partition coefficient (Wildman–Crippen LogP) is 2.14. The van der Waals surface area contributed by atoms with Crippen LogP contribution in [0.5, 0.6) is 0 Å². The van der Waals surface area contributed by atoms with Gasteiger partial charge in [-0.25, -0.2) is 4.98 Å². The molecule has 2 heterocycles. The van der Waals surface area contributed by atoms with E-state index in [1.54, 1.807) is 11.8 Å². The Morgan fingerprint density at radius 3 is 2.92 bits per heavy atom. The molecule has 2 N–H and O–H groups in total. The first-order valence-electron chi connectivity index (χ1n) is 8.59. The Morgan fingerprint density at radius 1 is 1.50 bits per heavy atom. The zero-order valence-electron chi connectivity index (χ0n) is 14.7. The number of hydrogen-bond donors (Lipinski definition) is 1. The SMILES string of the molecule is CCOC(=O)C1CCCN(C(=O)c2coc(C(N)CC(C)C)n2)C1. The summed E-state index contributed by atoms with van der Waals surface area (Å²) in [6.45, 7) is 7.23. The molecule has 0 saturated carbocycles. The maximum Gasteiger partial charge on any atom is 0.310 e. The summed E-state index contributed by atoms with van der Waals surface area (Å²) in [6.07, 6.45) is 3.60. The fourth-order valence-electron chi connectivity index (χ4n) is 2.94. The number of esters is 1. The lowest BCUT2D eigenvalue weighted by Gasteiger charge is -2.30. The van der Waals surface area contributed by atoms with Gasteiger partial charge in [0.25, 0.3) is 5.91 Å². The maximum absolute atomic E-state index is 12.6. The van der Waals surface area contributed by atoms with Crippen molar-refractivity contribution in [1.29, 1.82) is 0 Å². The number of carbonyl (C=O) groups is 2. The van der Waals surface area contributed by atoms with Crippen molar-refractivity contribution < 1.29 is 18.7 Å². The first-order chi connectivity index (χ1) is 11.4. The zero-order chi connectivity index (χ0) is 17.7. The molecule has 2 rings (SSSR count). The van der Waals surface area contributed by atoms with Gasteiger partial charge >= 0.3 is 5.97 Å². The van der Waals surface area contributed by atoms with E-state index in [1.807, 2.05) is 0 Å². The number of aromatic nitrogens is 1. The summed E-state index contributed by atoms with van der Waals surface area (Å²) in [5.41, 5.74) is 6.28. The minimum Gasteiger partial charge on any atom is -0.466 e. The number of piperidine rings is 1. The third-order valence-electron chi connectivity index (χ3n) is 4.11. The molecule has 0 aromatic carbocycles. The minimum absolute atomic E-state index is 0.226. The van der Waals surface area contributed by atoms with Crippen molar-refractivity contribution in [2.75, 3.05) is 19.7 Å². The van der Waals surface area contributed by atoms with Crippen molar-refractivity contribution in [3.63, 3.8) is 0 Å². The topological polar surface area (TPSA) is 98.7 Å². The zero-order valence-corrected chi connectivity index (χ0v) is 14.7. The summed E-state index contributed by atoms with van der Waals surface area (Å²) in [4.78, 5) is 30.4. The smallest absolute Gasteiger partial charge is 0.310 e. The average Bonchev–Trinajstić information content (AvgIpc) is 3.04. The summed E-state index contributed by atoms with van der Waals surface area (Å²) in [5.74, 6) is 0.0623. The molecule has 1 saturated heterocycles. The predicted molar refractivity (Wildman–Crippen MR) is 88.1 cm³/mol. The second-order valence-corrected chi connectivity index (χ2v) is 6.65. The molecular formula is C17H27N3O4. The van der Waals surface area contributed by atoms with Gasteiger partial charge in [-0.3, -0.25) is 9.59 Å². The molecule has 0 radical (unpaired) electrons. The van der Waals surface area contributed by atoms with Crippen molar-refractivity contribution >= 4 is 11.9 Å². The largest absolute Gasteiger partial charge is 0.466 e. The number of carbonyl (C=O) groups excluding carboxylic acids is 2. The Labute approximate surface area is 142 Å². The number of rotatable bonds is 6. The summed E-state index contributed by atoms with van der Waals surface area (Å²) >= 11 is 0. The van der Waals surface area contributed by atoms with E-state index in [-0.39, 0.29) is 29.5 Å². The lowest BCUT2D eigenvalue weighted by molar-refractivity contribution is -0.149. The Hall–Kier alpha value is -1.89. The quantitative estimate of drug-likeness (QED) is 0.799. The molecule has 2 unspecified atom stereocenters. The van der Waals surface area contributed by atoms with Crippen LogP contribution in [-0.2, 0) is 9.53 Å². The third-order valence-corrected chi connectivity index (χ3v) is 4.11. The molecule has 7 heteroatoms. The molecule has 1 aliphatic rings. The van der Waals surface area contributed by atoms with E-state index in [0.717, 1.165) is 19.3 Å². The van der Waals surface area contributed by atoms with Gasteiger partial charge in [-0.2, -0.15) is 0 Å². The lowest BCUT2D eigenvalue weighted by atomic mass is 9.98. The Kier molecular flexibility index (Phi) is 6.36. The van der Waals surface area contributed by atoms with Gasteiger partial charge in [0.15, 0.2) is 5.69 Å². The molecule has 2 atom stereocenters. The maximum atomic E-state index is 12.6. The Bertz CT molecular complexity index is 570. The van der Waals surface area contributed by atoms with Gasteiger partial charge in [0.2, 0.25) is 5.89 Å². The van der Waals surface area contributed by atoms with Gasteiger partial charge < -0.3 is 19.8 Å². The first kappa shape index (κ1) is 18.4. The van der Waals surface area contributed by atoms with E-state index in [0.29, 0.717) is 31.5 Å². The molecule has 0 bridgehead atoms. The standard InChI is InChI=1S/C17H27N3O4/c1-4-23-17(22)12-6-5-7-20(9-12)16(21)14-10-24-15(19-14)13(18)8-11(2)3/h10-13H,4-9,18H2,1-3H3. The lowest BCUT2D eigenvalue weighted by Crippen LogP contribution is -2.43.